The number of carbonyl (C=O) groups is 2. The van der Waals surface area contributed by atoms with E-state index in [4.69, 9.17) is 0 Å². The SMILES string of the molecule is Cc1cnc(C(=O)N2CSC[C@@H]2C(=O)Nc2cccc(F)c2)cn1. The first-order chi connectivity index (χ1) is 11.5. The Labute approximate surface area is 142 Å². The summed E-state index contributed by atoms with van der Waals surface area (Å²) in [6.45, 7) is 1.78. The van der Waals surface area contributed by atoms with Gasteiger partial charge in [0.1, 0.15) is 17.6 Å². The van der Waals surface area contributed by atoms with Crippen molar-refractivity contribution >= 4 is 29.3 Å². The van der Waals surface area contributed by atoms with E-state index in [0.29, 0.717) is 23.0 Å². The summed E-state index contributed by atoms with van der Waals surface area (Å²) in [5, 5.41) is 2.65. The van der Waals surface area contributed by atoms with Gasteiger partial charge in [0.05, 0.1) is 17.8 Å². The van der Waals surface area contributed by atoms with E-state index >= 15 is 0 Å². The normalized spacial score (nSPS) is 16.9. The molecule has 2 aromatic rings. The van der Waals surface area contributed by atoms with Gasteiger partial charge in [0.2, 0.25) is 5.91 Å². The van der Waals surface area contributed by atoms with Crippen molar-refractivity contribution in [2.45, 2.75) is 13.0 Å². The number of nitrogens with zero attached hydrogens (tertiary/aromatic N) is 3. The van der Waals surface area contributed by atoms with Crippen LogP contribution < -0.4 is 5.32 Å². The van der Waals surface area contributed by atoms with Gasteiger partial charge in [-0.3, -0.25) is 14.6 Å². The highest BCUT2D eigenvalue weighted by Crippen LogP contribution is 2.24. The first-order valence-corrected chi connectivity index (χ1v) is 8.44. The molecule has 0 unspecified atom stereocenters. The molecule has 6 nitrogen and oxygen atoms in total. The van der Waals surface area contributed by atoms with Gasteiger partial charge < -0.3 is 10.2 Å². The van der Waals surface area contributed by atoms with Crippen LogP contribution in [0.1, 0.15) is 16.2 Å². The maximum Gasteiger partial charge on any atom is 0.275 e. The van der Waals surface area contributed by atoms with Crippen molar-refractivity contribution in [3.63, 3.8) is 0 Å². The number of aryl methyl sites for hydroxylation is 1. The Kier molecular flexibility index (Phi) is 4.75. The molecule has 1 fully saturated rings. The molecular weight excluding hydrogens is 331 g/mol. The minimum Gasteiger partial charge on any atom is -0.324 e. The molecule has 1 aromatic carbocycles. The monoisotopic (exact) mass is 346 g/mol. The summed E-state index contributed by atoms with van der Waals surface area (Å²) in [6.07, 6.45) is 2.92. The summed E-state index contributed by atoms with van der Waals surface area (Å²) in [5.74, 6) is -0.246. The zero-order valence-electron chi connectivity index (χ0n) is 12.9. The quantitative estimate of drug-likeness (QED) is 0.921. The van der Waals surface area contributed by atoms with Crippen LogP contribution in [0.2, 0.25) is 0 Å². The Morgan fingerprint density at radius 3 is 2.88 bits per heavy atom. The molecule has 0 bridgehead atoms. The van der Waals surface area contributed by atoms with Crippen LogP contribution >= 0.6 is 11.8 Å². The van der Waals surface area contributed by atoms with E-state index in [1.54, 1.807) is 13.0 Å². The fraction of sp³-hybridized carbons (Fsp3) is 0.250. The van der Waals surface area contributed by atoms with Crippen LogP contribution in [0.4, 0.5) is 10.1 Å². The number of nitrogens with one attached hydrogen (secondary N) is 1. The molecule has 24 heavy (non-hydrogen) atoms. The minimum absolute atomic E-state index is 0.201. The number of carbonyl (C=O) groups excluding carboxylic acids is 2. The number of rotatable bonds is 3. The second-order valence-electron chi connectivity index (χ2n) is 5.33. The van der Waals surface area contributed by atoms with Gasteiger partial charge in [0.15, 0.2) is 0 Å². The third kappa shape index (κ3) is 3.53. The van der Waals surface area contributed by atoms with Gasteiger partial charge in [-0.25, -0.2) is 9.37 Å². The van der Waals surface area contributed by atoms with Crippen LogP contribution in [-0.2, 0) is 4.79 Å². The van der Waals surface area contributed by atoms with E-state index < -0.39 is 11.9 Å². The number of amides is 2. The van der Waals surface area contributed by atoms with Gasteiger partial charge in [-0.15, -0.1) is 11.8 Å². The predicted molar refractivity (Wildman–Crippen MR) is 89.1 cm³/mol. The van der Waals surface area contributed by atoms with E-state index in [1.807, 2.05) is 0 Å². The van der Waals surface area contributed by atoms with Gasteiger partial charge in [0, 0.05) is 17.6 Å². The molecule has 0 spiro atoms. The molecule has 2 heterocycles. The maximum atomic E-state index is 13.2. The third-order valence-electron chi connectivity index (χ3n) is 3.54. The zero-order chi connectivity index (χ0) is 17.1. The van der Waals surface area contributed by atoms with E-state index in [9.17, 15) is 14.0 Å². The third-order valence-corrected chi connectivity index (χ3v) is 4.55. The average Bonchev–Trinajstić information content (AvgIpc) is 3.04. The van der Waals surface area contributed by atoms with Crippen LogP contribution in [0.5, 0.6) is 0 Å². The smallest absolute Gasteiger partial charge is 0.275 e. The Morgan fingerprint density at radius 2 is 2.17 bits per heavy atom. The molecule has 2 amide bonds. The van der Waals surface area contributed by atoms with Gasteiger partial charge in [-0.05, 0) is 25.1 Å². The summed E-state index contributed by atoms with van der Waals surface area (Å²) in [4.78, 5) is 34.6. The number of hydrogen-bond donors (Lipinski definition) is 1. The topological polar surface area (TPSA) is 75.2 Å². The fourth-order valence-corrected chi connectivity index (χ4v) is 3.46. The zero-order valence-corrected chi connectivity index (χ0v) is 13.7. The summed E-state index contributed by atoms with van der Waals surface area (Å²) >= 11 is 1.48. The molecular formula is C16H15FN4O2S. The number of thioether (sulfide) groups is 1. The molecule has 3 rings (SSSR count). The lowest BCUT2D eigenvalue weighted by Gasteiger charge is -2.22. The van der Waals surface area contributed by atoms with Crippen molar-refractivity contribution in [3.8, 4) is 0 Å². The molecule has 0 radical (unpaired) electrons. The lowest BCUT2D eigenvalue weighted by atomic mass is 10.2. The summed E-state index contributed by atoms with van der Waals surface area (Å²) in [5.41, 5.74) is 1.27. The number of aromatic nitrogens is 2. The minimum atomic E-state index is -0.631. The molecule has 1 N–H and O–H groups in total. The van der Waals surface area contributed by atoms with E-state index in [1.165, 1.54) is 47.3 Å². The summed E-state index contributed by atoms with van der Waals surface area (Å²) in [7, 11) is 0. The largest absolute Gasteiger partial charge is 0.324 e. The van der Waals surface area contributed by atoms with Gasteiger partial charge in [0.25, 0.3) is 5.91 Å². The molecule has 1 aliphatic rings. The van der Waals surface area contributed by atoms with Crippen LogP contribution in [-0.4, -0.2) is 44.4 Å². The summed E-state index contributed by atoms with van der Waals surface area (Å²) < 4.78 is 13.2. The van der Waals surface area contributed by atoms with Crippen molar-refractivity contribution in [3.05, 3.63) is 53.9 Å². The van der Waals surface area contributed by atoms with E-state index in [0.717, 1.165) is 0 Å². The Hall–Kier alpha value is -2.48. The lowest BCUT2D eigenvalue weighted by molar-refractivity contribution is -0.119. The second kappa shape index (κ2) is 6.96. The highest BCUT2D eigenvalue weighted by Gasteiger charge is 2.35. The van der Waals surface area contributed by atoms with Crippen molar-refractivity contribution in [2.24, 2.45) is 0 Å². The number of halogens is 1. The first kappa shape index (κ1) is 16.4. The maximum absolute atomic E-state index is 13.2. The molecule has 1 aromatic heterocycles. The molecule has 8 heteroatoms. The first-order valence-electron chi connectivity index (χ1n) is 7.28. The van der Waals surface area contributed by atoms with Crippen molar-refractivity contribution in [1.29, 1.82) is 0 Å². The van der Waals surface area contributed by atoms with Crippen LogP contribution in [0.15, 0.2) is 36.7 Å². The van der Waals surface area contributed by atoms with E-state index in [-0.39, 0.29) is 17.5 Å². The van der Waals surface area contributed by atoms with Gasteiger partial charge >= 0.3 is 0 Å². The number of hydrogen-bond acceptors (Lipinski definition) is 5. The van der Waals surface area contributed by atoms with Crippen molar-refractivity contribution in [2.75, 3.05) is 16.9 Å². The Morgan fingerprint density at radius 1 is 1.33 bits per heavy atom. The molecule has 1 atom stereocenters. The highest BCUT2D eigenvalue weighted by molar-refractivity contribution is 7.99. The molecule has 1 aliphatic heterocycles. The molecule has 0 saturated carbocycles. The van der Waals surface area contributed by atoms with Crippen LogP contribution in [0, 0.1) is 12.7 Å². The van der Waals surface area contributed by atoms with Crippen LogP contribution in [0.25, 0.3) is 0 Å². The number of benzene rings is 1. The van der Waals surface area contributed by atoms with Crippen LogP contribution in [0.3, 0.4) is 0 Å². The highest BCUT2D eigenvalue weighted by atomic mass is 32.2. The average molecular weight is 346 g/mol. The molecule has 1 saturated heterocycles. The van der Waals surface area contributed by atoms with E-state index in [2.05, 4.69) is 15.3 Å². The Bertz CT molecular complexity index is 769. The number of anilines is 1. The van der Waals surface area contributed by atoms with Gasteiger partial charge in [-0.1, -0.05) is 6.07 Å². The Balaban J connectivity index is 1.73. The van der Waals surface area contributed by atoms with Crippen molar-refractivity contribution in [1.82, 2.24) is 14.9 Å². The summed E-state index contributed by atoms with van der Waals surface area (Å²) in [6, 6.07) is 5.01. The molecule has 0 aliphatic carbocycles. The second-order valence-corrected chi connectivity index (χ2v) is 6.33. The van der Waals surface area contributed by atoms with Gasteiger partial charge in [-0.2, -0.15) is 0 Å². The fourth-order valence-electron chi connectivity index (χ4n) is 2.30. The molecule has 124 valence electrons. The van der Waals surface area contributed by atoms with Crippen molar-refractivity contribution < 1.29 is 14.0 Å². The lowest BCUT2D eigenvalue weighted by Crippen LogP contribution is -2.44. The standard InChI is InChI=1S/C16H15FN4O2S/c1-10-6-19-13(7-18-10)16(23)21-9-24-8-14(21)15(22)20-12-4-2-3-11(17)5-12/h2-7,14H,8-9H2,1H3,(H,20,22)/t14-/m1/s1. The predicted octanol–water partition coefficient (Wildman–Crippen LogP) is 2.08.